The van der Waals surface area contributed by atoms with E-state index in [4.69, 9.17) is 12.2 Å². The highest BCUT2D eigenvalue weighted by atomic mass is 32.2. The van der Waals surface area contributed by atoms with Crippen LogP contribution in [-0.4, -0.2) is 31.0 Å². The first-order valence-corrected chi connectivity index (χ1v) is 12.2. The first-order chi connectivity index (χ1) is 14.3. The Morgan fingerprint density at radius 3 is 2.67 bits per heavy atom. The van der Waals surface area contributed by atoms with Crippen LogP contribution in [0.4, 0.5) is 4.39 Å². The van der Waals surface area contributed by atoms with Crippen molar-refractivity contribution in [1.29, 1.82) is 0 Å². The molecule has 1 saturated carbocycles. The Labute approximate surface area is 183 Å². The topological polar surface area (TPSA) is 71.1 Å². The summed E-state index contributed by atoms with van der Waals surface area (Å²) in [5.41, 5.74) is 0.510. The fourth-order valence-electron chi connectivity index (χ4n) is 4.60. The quantitative estimate of drug-likeness (QED) is 0.627. The molecule has 1 aliphatic carbocycles. The summed E-state index contributed by atoms with van der Waals surface area (Å²) in [6.45, 7) is 4.59. The summed E-state index contributed by atoms with van der Waals surface area (Å²) in [5.74, 6) is -0.516. The van der Waals surface area contributed by atoms with Crippen molar-refractivity contribution in [1.82, 2.24) is 15.0 Å². The van der Waals surface area contributed by atoms with Crippen molar-refractivity contribution in [2.24, 2.45) is 5.92 Å². The second kappa shape index (κ2) is 9.49. The second-order valence-electron chi connectivity index (χ2n) is 7.79. The van der Waals surface area contributed by atoms with Gasteiger partial charge in [-0.25, -0.2) is 17.5 Å². The van der Waals surface area contributed by atoms with Crippen LogP contribution >= 0.6 is 12.2 Å². The zero-order chi connectivity index (χ0) is 21.8. The van der Waals surface area contributed by atoms with Gasteiger partial charge in [0.15, 0.2) is 0 Å². The van der Waals surface area contributed by atoms with E-state index in [-0.39, 0.29) is 16.9 Å². The van der Waals surface area contributed by atoms with Crippen molar-refractivity contribution in [2.75, 3.05) is 6.54 Å². The number of nitrogens with one attached hydrogen (secondary N) is 2. The van der Waals surface area contributed by atoms with E-state index >= 15 is 0 Å². The van der Waals surface area contributed by atoms with Crippen LogP contribution < -0.4 is 10.0 Å². The maximum Gasteiger partial charge on any atom is 0.240 e. The van der Waals surface area contributed by atoms with Crippen molar-refractivity contribution in [3.8, 4) is 0 Å². The molecule has 1 aliphatic rings. The summed E-state index contributed by atoms with van der Waals surface area (Å²) in [7, 11) is -3.79. The van der Waals surface area contributed by atoms with E-state index < -0.39 is 21.3 Å². The van der Waals surface area contributed by atoms with Gasteiger partial charge in [-0.3, -0.25) is 4.98 Å². The van der Waals surface area contributed by atoms with Crippen LogP contribution in [0.2, 0.25) is 0 Å². The van der Waals surface area contributed by atoms with E-state index in [1.807, 2.05) is 32.2 Å². The molecule has 1 aromatic carbocycles. The van der Waals surface area contributed by atoms with Gasteiger partial charge in [-0.1, -0.05) is 31.1 Å². The molecule has 0 amide bonds. The Morgan fingerprint density at radius 1 is 1.30 bits per heavy atom. The van der Waals surface area contributed by atoms with Crippen LogP contribution in [-0.2, 0) is 15.4 Å². The molecule has 0 radical (unpaired) electrons. The molecule has 0 aliphatic heterocycles. The highest BCUT2D eigenvalue weighted by molar-refractivity contribution is 7.89. The maximum absolute atomic E-state index is 13.2. The molecule has 0 saturated heterocycles. The fraction of sp³-hybridized carbons (Fsp3) is 0.455. The van der Waals surface area contributed by atoms with E-state index in [9.17, 15) is 12.8 Å². The van der Waals surface area contributed by atoms with E-state index in [2.05, 4.69) is 15.0 Å². The van der Waals surface area contributed by atoms with Gasteiger partial charge in [0.05, 0.1) is 15.3 Å². The lowest BCUT2D eigenvalue weighted by Gasteiger charge is -2.47. The van der Waals surface area contributed by atoms with E-state index in [0.29, 0.717) is 6.54 Å². The lowest BCUT2D eigenvalue weighted by atomic mass is 9.60. The molecule has 1 unspecified atom stereocenters. The van der Waals surface area contributed by atoms with Crippen LogP contribution in [0.25, 0.3) is 0 Å². The van der Waals surface area contributed by atoms with Gasteiger partial charge in [-0.05, 0) is 68.5 Å². The predicted octanol–water partition coefficient (Wildman–Crippen LogP) is 3.95. The number of halogens is 1. The van der Waals surface area contributed by atoms with Crippen molar-refractivity contribution in [3.63, 3.8) is 0 Å². The number of pyridine rings is 1. The van der Waals surface area contributed by atoms with Gasteiger partial charge in [0.2, 0.25) is 10.0 Å². The SMILES string of the molecule is CCNC(=S)[C@@]1(c2cccnc2)CCCC[C@@H]1C(C)NS(=O)(=O)c1ccc(F)cc1. The number of sulfonamides is 1. The van der Waals surface area contributed by atoms with Gasteiger partial charge in [-0.2, -0.15) is 0 Å². The molecule has 3 rings (SSSR count). The average Bonchev–Trinajstić information content (AvgIpc) is 2.74. The van der Waals surface area contributed by atoms with Crippen LogP contribution in [0.3, 0.4) is 0 Å². The molecule has 5 nitrogen and oxygen atoms in total. The van der Waals surface area contributed by atoms with Crippen LogP contribution in [0.1, 0.15) is 45.1 Å². The number of hydrogen-bond donors (Lipinski definition) is 2. The van der Waals surface area contributed by atoms with E-state index in [0.717, 1.165) is 48.4 Å². The largest absolute Gasteiger partial charge is 0.379 e. The summed E-state index contributed by atoms with van der Waals surface area (Å²) in [6, 6.07) is 8.41. The highest BCUT2D eigenvalue weighted by Crippen LogP contribution is 2.46. The van der Waals surface area contributed by atoms with Crippen LogP contribution in [0.15, 0.2) is 53.7 Å². The molecule has 3 atom stereocenters. The highest BCUT2D eigenvalue weighted by Gasteiger charge is 2.48. The van der Waals surface area contributed by atoms with Crippen LogP contribution in [0, 0.1) is 11.7 Å². The Hall–Kier alpha value is -1.90. The molecule has 2 aromatic rings. The molecule has 1 fully saturated rings. The van der Waals surface area contributed by atoms with Gasteiger partial charge in [0.25, 0.3) is 0 Å². The summed E-state index contributed by atoms with van der Waals surface area (Å²) < 4.78 is 42.0. The summed E-state index contributed by atoms with van der Waals surface area (Å²) in [5, 5.41) is 3.32. The van der Waals surface area contributed by atoms with E-state index in [1.165, 1.54) is 12.1 Å². The molecule has 8 heteroatoms. The zero-order valence-electron chi connectivity index (χ0n) is 17.3. The Balaban J connectivity index is 1.98. The third-order valence-corrected chi connectivity index (χ3v) is 8.04. The van der Waals surface area contributed by atoms with Gasteiger partial charge in [0, 0.05) is 25.0 Å². The Bertz CT molecular complexity index is 968. The fourth-order valence-corrected chi connectivity index (χ4v) is 6.40. The van der Waals surface area contributed by atoms with Crippen molar-refractivity contribution in [2.45, 2.75) is 55.9 Å². The summed E-state index contributed by atoms with van der Waals surface area (Å²) in [6.07, 6.45) is 7.25. The van der Waals surface area contributed by atoms with E-state index in [1.54, 1.807) is 6.20 Å². The maximum atomic E-state index is 13.2. The number of likely N-dealkylation sites (N-methyl/N-ethyl adjacent to an activating group) is 1. The van der Waals surface area contributed by atoms with Crippen molar-refractivity contribution >= 4 is 27.2 Å². The first-order valence-electron chi connectivity index (χ1n) is 10.3. The molecule has 0 bridgehead atoms. The number of benzene rings is 1. The Kier molecular flexibility index (Phi) is 7.21. The zero-order valence-corrected chi connectivity index (χ0v) is 18.9. The summed E-state index contributed by atoms with van der Waals surface area (Å²) >= 11 is 5.85. The van der Waals surface area contributed by atoms with Gasteiger partial charge < -0.3 is 5.32 Å². The molecule has 162 valence electrons. The smallest absolute Gasteiger partial charge is 0.240 e. The third kappa shape index (κ3) is 4.55. The van der Waals surface area contributed by atoms with Crippen molar-refractivity contribution in [3.05, 3.63) is 60.2 Å². The number of nitrogens with zero attached hydrogens (tertiary/aromatic N) is 1. The molecule has 1 heterocycles. The predicted molar refractivity (Wildman–Crippen MR) is 120 cm³/mol. The molecule has 2 N–H and O–H groups in total. The Morgan fingerprint density at radius 2 is 2.03 bits per heavy atom. The molecule has 0 spiro atoms. The number of rotatable bonds is 7. The summed E-state index contributed by atoms with van der Waals surface area (Å²) in [4.78, 5) is 5.09. The number of hydrogen-bond acceptors (Lipinski definition) is 4. The average molecular weight is 450 g/mol. The lowest BCUT2D eigenvalue weighted by Crippen LogP contribution is -2.56. The standard InChI is InChI=1S/C22H28FN3O2S2/c1-3-25-21(29)22(17-7-6-14-24-15-17)13-5-4-8-20(22)16(2)26-30(27,28)19-11-9-18(23)10-12-19/h6-7,9-12,14-16,20,26H,3-5,8,13H2,1-2H3,(H,25,29)/t16?,20-,22-/m1/s1. The van der Waals surface area contributed by atoms with Gasteiger partial charge >= 0.3 is 0 Å². The first kappa shape index (κ1) is 22.8. The molecular formula is C22H28FN3O2S2. The molecule has 1 aromatic heterocycles. The normalized spacial score (nSPS) is 23.0. The van der Waals surface area contributed by atoms with Gasteiger partial charge in [-0.15, -0.1) is 0 Å². The molecular weight excluding hydrogens is 421 g/mol. The number of aromatic nitrogens is 1. The van der Waals surface area contributed by atoms with Crippen molar-refractivity contribution < 1.29 is 12.8 Å². The monoisotopic (exact) mass is 449 g/mol. The van der Waals surface area contributed by atoms with Crippen LogP contribution in [0.5, 0.6) is 0 Å². The lowest BCUT2D eigenvalue weighted by molar-refractivity contribution is 0.212. The third-order valence-electron chi connectivity index (χ3n) is 5.96. The minimum absolute atomic E-state index is 0.0442. The minimum Gasteiger partial charge on any atom is -0.379 e. The number of thiocarbonyl (C=S) groups is 1. The second-order valence-corrected chi connectivity index (χ2v) is 9.91. The molecule has 30 heavy (non-hydrogen) atoms. The minimum atomic E-state index is -3.79. The van der Waals surface area contributed by atoms with Gasteiger partial charge in [0.1, 0.15) is 5.82 Å².